The van der Waals surface area contributed by atoms with Crippen molar-refractivity contribution in [2.24, 2.45) is 0 Å². The molecule has 3 heteroatoms. The molecule has 100 valence electrons. The van der Waals surface area contributed by atoms with E-state index in [2.05, 4.69) is 6.58 Å². The van der Waals surface area contributed by atoms with E-state index in [9.17, 15) is 13.2 Å². The lowest BCUT2D eigenvalue weighted by atomic mass is 10.0. The largest absolute Gasteiger partial charge is 0.415 e. The maximum absolute atomic E-state index is 12.3. The van der Waals surface area contributed by atoms with Gasteiger partial charge in [0.15, 0.2) is 0 Å². The highest BCUT2D eigenvalue weighted by molar-refractivity contribution is 5.68. The fourth-order valence-corrected chi connectivity index (χ4v) is 1.44. The van der Waals surface area contributed by atoms with Crippen molar-refractivity contribution in [1.82, 2.24) is 0 Å². The normalized spacial score (nSPS) is 11.6. The van der Waals surface area contributed by atoms with Crippen LogP contribution in [0.4, 0.5) is 13.2 Å². The number of benzene rings is 1. The first-order valence-corrected chi connectivity index (χ1v) is 5.83. The van der Waals surface area contributed by atoms with Gasteiger partial charge in [-0.3, -0.25) is 0 Å². The van der Waals surface area contributed by atoms with E-state index in [4.69, 9.17) is 0 Å². The maximum Gasteiger partial charge on any atom is 0.415 e. The van der Waals surface area contributed by atoms with Crippen LogP contribution in [0.15, 0.2) is 42.5 Å². The summed E-state index contributed by atoms with van der Waals surface area (Å²) in [7, 11) is 0. The van der Waals surface area contributed by atoms with E-state index in [1.807, 2.05) is 32.9 Å². The predicted octanol–water partition coefficient (Wildman–Crippen LogP) is 5.54. The van der Waals surface area contributed by atoms with E-state index in [1.54, 1.807) is 19.1 Å². The quantitative estimate of drug-likeness (QED) is 0.609. The Hall–Kier alpha value is -1.51. The van der Waals surface area contributed by atoms with Gasteiger partial charge in [0, 0.05) is 5.57 Å². The third-order valence-corrected chi connectivity index (χ3v) is 2.32. The summed E-state index contributed by atoms with van der Waals surface area (Å²) in [6.45, 7) is 10.5. The Morgan fingerprint density at radius 3 is 2.11 bits per heavy atom. The van der Waals surface area contributed by atoms with E-state index in [-0.39, 0.29) is 0 Å². The molecule has 0 aliphatic heterocycles. The van der Waals surface area contributed by atoms with Crippen molar-refractivity contribution in [2.75, 3.05) is 0 Å². The Bertz CT molecular complexity index is 426. The van der Waals surface area contributed by atoms with Gasteiger partial charge in [-0.1, -0.05) is 44.7 Å². The zero-order valence-corrected chi connectivity index (χ0v) is 11.2. The summed E-state index contributed by atoms with van der Waals surface area (Å²) in [5.74, 6) is 0. The second-order valence-corrected chi connectivity index (χ2v) is 3.67. The molecule has 0 unspecified atom stereocenters. The first-order valence-electron chi connectivity index (χ1n) is 5.83. The van der Waals surface area contributed by atoms with Crippen molar-refractivity contribution in [3.63, 3.8) is 0 Å². The van der Waals surface area contributed by atoms with Crippen molar-refractivity contribution in [3.05, 3.63) is 53.6 Å². The number of hydrogen-bond acceptors (Lipinski definition) is 0. The standard InChI is InChI=1S/C13H13F3.C2H6/c1-9-6-4-5-7-12(9)10(2)8-11(3)13(14,15)16;1-2/h4-8H,3H2,1-2H3;1-2H3/b10-8-;. The minimum Gasteiger partial charge on any atom is -0.166 e. The molecule has 0 fully saturated rings. The van der Waals surface area contributed by atoms with Crippen LogP contribution in [0.3, 0.4) is 0 Å². The van der Waals surface area contributed by atoms with E-state index >= 15 is 0 Å². The first kappa shape index (κ1) is 16.5. The third-order valence-electron chi connectivity index (χ3n) is 2.32. The molecule has 0 N–H and O–H groups in total. The maximum atomic E-state index is 12.3. The molecule has 0 bridgehead atoms. The summed E-state index contributed by atoms with van der Waals surface area (Å²) in [5.41, 5.74) is 1.51. The van der Waals surface area contributed by atoms with Crippen molar-refractivity contribution in [3.8, 4) is 0 Å². The molecule has 0 saturated carbocycles. The fourth-order valence-electron chi connectivity index (χ4n) is 1.44. The lowest BCUT2D eigenvalue weighted by Crippen LogP contribution is -2.08. The molecule has 0 aliphatic carbocycles. The average Bonchev–Trinajstić information content (AvgIpc) is 2.30. The van der Waals surface area contributed by atoms with Crippen LogP contribution in [0.1, 0.15) is 31.9 Å². The number of rotatable bonds is 2. The molecule has 0 aromatic heterocycles. The smallest absolute Gasteiger partial charge is 0.166 e. The van der Waals surface area contributed by atoms with Crippen molar-refractivity contribution in [2.45, 2.75) is 33.9 Å². The lowest BCUT2D eigenvalue weighted by Gasteiger charge is -2.09. The van der Waals surface area contributed by atoms with Crippen molar-refractivity contribution >= 4 is 5.57 Å². The van der Waals surface area contributed by atoms with Crippen LogP contribution in [0, 0.1) is 6.92 Å². The second-order valence-electron chi connectivity index (χ2n) is 3.67. The summed E-state index contributed by atoms with van der Waals surface area (Å²) in [6, 6.07) is 7.31. The molecule has 18 heavy (non-hydrogen) atoms. The monoisotopic (exact) mass is 256 g/mol. The molecule has 0 saturated heterocycles. The molecule has 0 atom stereocenters. The SMILES string of the molecule is C=C(/C=C(/C)c1ccccc1C)C(F)(F)F.CC. The van der Waals surface area contributed by atoms with Crippen LogP contribution in [-0.2, 0) is 0 Å². The molecule has 0 amide bonds. The van der Waals surface area contributed by atoms with Crippen LogP contribution in [-0.4, -0.2) is 6.18 Å². The Balaban J connectivity index is 0.00000137. The van der Waals surface area contributed by atoms with Crippen LogP contribution in [0.5, 0.6) is 0 Å². The molecule has 0 nitrogen and oxygen atoms in total. The van der Waals surface area contributed by atoms with Gasteiger partial charge in [-0.2, -0.15) is 13.2 Å². The number of halogens is 3. The van der Waals surface area contributed by atoms with E-state index < -0.39 is 11.7 Å². The fraction of sp³-hybridized carbons (Fsp3) is 0.333. The van der Waals surface area contributed by atoms with Crippen LogP contribution >= 0.6 is 0 Å². The second kappa shape index (κ2) is 7.04. The molecule has 0 aliphatic rings. The summed E-state index contributed by atoms with van der Waals surface area (Å²) in [6.07, 6.45) is -3.29. The summed E-state index contributed by atoms with van der Waals surface area (Å²) in [5, 5.41) is 0. The van der Waals surface area contributed by atoms with Gasteiger partial charge in [0.05, 0.1) is 0 Å². The molecular weight excluding hydrogens is 237 g/mol. The minimum atomic E-state index is -4.36. The Morgan fingerprint density at radius 1 is 1.17 bits per heavy atom. The highest BCUT2D eigenvalue weighted by atomic mass is 19.4. The van der Waals surface area contributed by atoms with Gasteiger partial charge in [-0.05, 0) is 36.6 Å². The zero-order valence-electron chi connectivity index (χ0n) is 11.2. The van der Waals surface area contributed by atoms with Gasteiger partial charge in [-0.25, -0.2) is 0 Å². The van der Waals surface area contributed by atoms with E-state index in [0.29, 0.717) is 5.57 Å². The molecule has 0 radical (unpaired) electrons. The van der Waals surface area contributed by atoms with Gasteiger partial charge in [0.25, 0.3) is 0 Å². The summed E-state index contributed by atoms with van der Waals surface area (Å²) >= 11 is 0. The molecular formula is C15H19F3. The number of alkyl halides is 3. The van der Waals surface area contributed by atoms with Crippen LogP contribution < -0.4 is 0 Å². The zero-order chi connectivity index (χ0) is 14.3. The molecule has 1 rings (SSSR count). The molecule has 0 heterocycles. The van der Waals surface area contributed by atoms with Crippen molar-refractivity contribution in [1.29, 1.82) is 0 Å². The summed E-state index contributed by atoms with van der Waals surface area (Å²) < 4.78 is 36.8. The predicted molar refractivity (Wildman–Crippen MR) is 71.4 cm³/mol. The summed E-state index contributed by atoms with van der Waals surface area (Å²) in [4.78, 5) is 0. The minimum absolute atomic E-state index is 0.570. The lowest BCUT2D eigenvalue weighted by molar-refractivity contribution is -0.0877. The molecule has 0 spiro atoms. The van der Waals surface area contributed by atoms with Gasteiger partial charge in [0.1, 0.15) is 0 Å². The molecule has 1 aromatic rings. The average molecular weight is 256 g/mol. The van der Waals surface area contributed by atoms with Gasteiger partial charge in [-0.15, -0.1) is 0 Å². The number of aryl methyl sites for hydroxylation is 1. The van der Waals surface area contributed by atoms with Gasteiger partial charge < -0.3 is 0 Å². The topological polar surface area (TPSA) is 0 Å². The first-order chi connectivity index (χ1) is 8.32. The van der Waals surface area contributed by atoms with Crippen molar-refractivity contribution < 1.29 is 13.2 Å². The van der Waals surface area contributed by atoms with Crippen LogP contribution in [0.2, 0.25) is 0 Å². The number of hydrogen-bond donors (Lipinski definition) is 0. The van der Waals surface area contributed by atoms with E-state index in [1.165, 1.54) is 0 Å². The number of allylic oxidation sites excluding steroid dienone is 3. The Kier molecular flexibility index (Phi) is 6.45. The van der Waals surface area contributed by atoms with Gasteiger partial charge in [0.2, 0.25) is 0 Å². The van der Waals surface area contributed by atoms with E-state index in [0.717, 1.165) is 17.2 Å². The highest BCUT2D eigenvalue weighted by Gasteiger charge is 2.30. The molecule has 1 aromatic carbocycles. The van der Waals surface area contributed by atoms with Gasteiger partial charge >= 0.3 is 6.18 Å². The highest BCUT2D eigenvalue weighted by Crippen LogP contribution is 2.28. The Labute approximate surface area is 107 Å². The Morgan fingerprint density at radius 2 is 1.67 bits per heavy atom. The van der Waals surface area contributed by atoms with Crippen LogP contribution in [0.25, 0.3) is 5.57 Å². The third kappa shape index (κ3) is 4.78.